The average molecular weight is 377 g/mol. The number of fused-ring (bicyclic) bond motifs is 1. The van der Waals surface area contributed by atoms with Crippen molar-refractivity contribution in [3.8, 4) is 11.5 Å². The summed E-state index contributed by atoms with van der Waals surface area (Å²) in [6, 6.07) is 5.99. The number of benzene rings is 1. The lowest BCUT2D eigenvalue weighted by molar-refractivity contribution is -0.121. The minimum absolute atomic E-state index is 0.0237. The quantitative estimate of drug-likeness (QED) is 0.781. The van der Waals surface area contributed by atoms with Gasteiger partial charge in [0, 0.05) is 10.6 Å². The Labute approximate surface area is 155 Å². The van der Waals surface area contributed by atoms with Gasteiger partial charge in [-0.25, -0.2) is 0 Å². The van der Waals surface area contributed by atoms with Crippen LogP contribution in [-0.2, 0) is 11.2 Å². The van der Waals surface area contributed by atoms with Crippen molar-refractivity contribution in [1.82, 2.24) is 10.3 Å². The Balaban J connectivity index is 1.51. The molecule has 0 radical (unpaired) electrons. The number of aromatic amines is 1. The van der Waals surface area contributed by atoms with E-state index in [0.717, 1.165) is 40.5 Å². The van der Waals surface area contributed by atoms with Gasteiger partial charge in [0.2, 0.25) is 5.91 Å². The molecule has 7 heteroatoms. The van der Waals surface area contributed by atoms with Crippen LogP contribution in [0.2, 0.25) is 0 Å². The largest absolute Gasteiger partial charge is 0.486 e. The number of aromatic nitrogens is 1. The molecule has 0 spiro atoms. The van der Waals surface area contributed by atoms with E-state index in [-0.39, 0.29) is 11.9 Å². The molecular formula is C18H20N2O3S2. The molecule has 1 atom stereocenters. The number of hydrogen-bond donors (Lipinski definition) is 2. The lowest BCUT2D eigenvalue weighted by Crippen LogP contribution is -2.31. The average Bonchev–Trinajstić information content (AvgIpc) is 3.38. The Morgan fingerprint density at radius 3 is 2.80 bits per heavy atom. The summed E-state index contributed by atoms with van der Waals surface area (Å²) in [7, 11) is 0. The molecule has 1 saturated carbocycles. The molecule has 1 aromatic heterocycles. The van der Waals surface area contributed by atoms with Gasteiger partial charge in [0.25, 0.3) is 0 Å². The summed E-state index contributed by atoms with van der Waals surface area (Å²) in [5, 5.41) is 3.21. The first kappa shape index (κ1) is 16.6. The van der Waals surface area contributed by atoms with Crippen LogP contribution in [0, 0.1) is 16.8 Å². The summed E-state index contributed by atoms with van der Waals surface area (Å²) in [6.07, 6.45) is 2.64. The van der Waals surface area contributed by atoms with Gasteiger partial charge in [0.15, 0.2) is 15.5 Å². The van der Waals surface area contributed by atoms with E-state index in [2.05, 4.69) is 10.3 Å². The zero-order chi connectivity index (χ0) is 17.4. The van der Waals surface area contributed by atoms with E-state index < -0.39 is 0 Å². The summed E-state index contributed by atoms with van der Waals surface area (Å²) < 4.78 is 12.0. The minimum Gasteiger partial charge on any atom is -0.486 e. The molecule has 2 N–H and O–H groups in total. The number of nitrogens with one attached hydrogen (secondary N) is 2. The molecule has 1 aromatic carbocycles. The number of amides is 1. The molecule has 25 heavy (non-hydrogen) atoms. The lowest BCUT2D eigenvalue weighted by Gasteiger charge is -2.23. The number of ether oxygens (including phenoxy) is 2. The maximum atomic E-state index is 12.6. The van der Waals surface area contributed by atoms with Gasteiger partial charge in [0.1, 0.15) is 13.2 Å². The van der Waals surface area contributed by atoms with Crippen LogP contribution in [0.15, 0.2) is 18.2 Å². The molecule has 5 nitrogen and oxygen atoms in total. The van der Waals surface area contributed by atoms with E-state index in [4.69, 9.17) is 21.7 Å². The molecular weight excluding hydrogens is 356 g/mol. The molecule has 1 fully saturated rings. The Hall–Kier alpha value is -1.86. The number of H-pyrrole nitrogens is 1. The zero-order valence-corrected chi connectivity index (χ0v) is 15.6. The monoisotopic (exact) mass is 376 g/mol. The van der Waals surface area contributed by atoms with Crippen molar-refractivity contribution in [3.63, 3.8) is 0 Å². The van der Waals surface area contributed by atoms with Gasteiger partial charge in [-0.1, -0.05) is 6.07 Å². The zero-order valence-electron chi connectivity index (χ0n) is 14.0. The second-order valence-corrected chi connectivity index (χ2v) is 8.30. The van der Waals surface area contributed by atoms with Crippen LogP contribution < -0.4 is 14.8 Å². The molecule has 0 bridgehead atoms. The van der Waals surface area contributed by atoms with Gasteiger partial charge in [0.05, 0.1) is 12.5 Å². The molecule has 2 heterocycles. The predicted molar refractivity (Wildman–Crippen MR) is 99.0 cm³/mol. The number of thiazole rings is 1. The van der Waals surface area contributed by atoms with Crippen LogP contribution in [-0.4, -0.2) is 24.1 Å². The third-order valence-corrected chi connectivity index (χ3v) is 5.92. The van der Waals surface area contributed by atoms with Crippen molar-refractivity contribution >= 4 is 29.5 Å². The summed E-state index contributed by atoms with van der Waals surface area (Å²) in [4.78, 5) is 16.7. The number of aryl methyl sites for hydroxylation is 1. The molecule has 1 aliphatic heterocycles. The van der Waals surface area contributed by atoms with E-state index in [0.29, 0.717) is 29.5 Å². The minimum atomic E-state index is 0.0237. The number of carbonyl (C=O) groups is 1. The van der Waals surface area contributed by atoms with Gasteiger partial charge in [-0.2, -0.15) is 0 Å². The first-order chi connectivity index (χ1) is 12.1. The van der Waals surface area contributed by atoms with Crippen LogP contribution in [0.4, 0.5) is 0 Å². The number of carbonyl (C=O) groups excluding carboxylic acids is 1. The summed E-state index contributed by atoms with van der Waals surface area (Å²) in [6.45, 7) is 3.10. The van der Waals surface area contributed by atoms with Gasteiger partial charge >= 0.3 is 0 Å². The molecule has 1 amide bonds. The van der Waals surface area contributed by atoms with E-state index in [1.54, 1.807) is 0 Å². The molecule has 2 aromatic rings. The van der Waals surface area contributed by atoms with E-state index >= 15 is 0 Å². The fourth-order valence-corrected chi connectivity index (χ4v) is 4.42. The highest BCUT2D eigenvalue weighted by Crippen LogP contribution is 2.43. The Morgan fingerprint density at radius 1 is 1.36 bits per heavy atom. The summed E-state index contributed by atoms with van der Waals surface area (Å²) >= 11 is 6.62. The summed E-state index contributed by atoms with van der Waals surface area (Å²) in [5.74, 6) is 2.07. The van der Waals surface area contributed by atoms with E-state index in [1.807, 2.05) is 25.1 Å². The highest BCUT2D eigenvalue weighted by Gasteiger charge is 2.34. The molecule has 2 aliphatic rings. The SMILES string of the molecule is Cc1[nH]c(=S)sc1CC(=O)N[C@H](c1ccc2c(c1)OCCO2)C1CC1. The highest BCUT2D eigenvalue weighted by molar-refractivity contribution is 7.73. The first-order valence-electron chi connectivity index (χ1n) is 8.47. The molecule has 0 saturated heterocycles. The molecule has 132 valence electrons. The maximum absolute atomic E-state index is 12.6. The molecule has 4 rings (SSSR count). The first-order valence-corrected chi connectivity index (χ1v) is 9.70. The fourth-order valence-electron chi connectivity index (χ4n) is 3.13. The second kappa shape index (κ2) is 6.80. The van der Waals surface area contributed by atoms with Crippen molar-refractivity contribution < 1.29 is 14.3 Å². The van der Waals surface area contributed by atoms with Crippen molar-refractivity contribution in [1.29, 1.82) is 0 Å². The smallest absolute Gasteiger partial charge is 0.225 e. The van der Waals surface area contributed by atoms with Crippen molar-refractivity contribution in [2.45, 2.75) is 32.2 Å². The van der Waals surface area contributed by atoms with E-state index in [9.17, 15) is 4.79 Å². The van der Waals surface area contributed by atoms with Gasteiger partial charge in [-0.15, -0.1) is 11.3 Å². The lowest BCUT2D eigenvalue weighted by atomic mass is 10.0. The Kier molecular flexibility index (Phi) is 4.52. The van der Waals surface area contributed by atoms with Crippen LogP contribution in [0.1, 0.15) is 35.0 Å². The van der Waals surface area contributed by atoms with Gasteiger partial charge in [-0.3, -0.25) is 4.79 Å². The maximum Gasteiger partial charge on any atom is 0.225 e. The third kappa shape index (κ3) is 3.72. The molecule has 0 unspecified atom stereocenters. The van der Waals surface area contributed by atoms with Crippen LogP contribution >= 0.6 is 23.6 Å². The molecule has 1 aliphatic carbocycles. The fraction of sp³-hybridized carbons (Fsp3) is 0.444. The highest BCUT2D eigenvalue weighted by atomic mass is 32.1. The van der Waals surface area contributed by atoms with Crippen molar-refractivity contribution in [2.75, 3.05) is 13.2 Å². The van der Waals surface area contributed by atoms with E-state index in [1.165, 1.54) is 11.3 Å². The van der Waals surface area contributed by atoms with Gasteiger partial charge in [-0.05, 0) is 55.6 Å². The Bertz CT molecular complexity index is 854. The topological polar surface area (TPSA) is 63.4 Å². The van der Waals surface area contributed by atoms with Crippen LogP contribution in [0.3, 0.4) is 0 Å². The standard InChI is InChI=1S/C18H20N2O3S2/c1-10-15(25-18(24)19-10)9-16(21)20-17(11-2-3-11)12-4-5-13-14(8-12)23-7-6-22-13/h4-5,8,11,17H,2-3,6-7,9H2,1H3,(H,19,24)(H,20,21)/t17-/m0/s1. The predicted octanol–water partition coefficient (Wildman–Crippen LogP) is 3.70. The Morgan fingerprint density at radius 2 is 2.12 bits per heavy atom. The number of rotatable bonds is 5. The van der Waals surface area contributed by atoms with Crippen LogP contribution in [0.25, 0.3) is 0 Å². The van der Waals surface area contributed by atoms with Crippen molar-refractivity contribution in [2.24, 2.45) is 5.92 Å². The summed E-state index contributed by atoms with van der Waals surface area (Å²) in [5.41, 5.74) is 2.06. The van der Waals surface area contributed by atoms with Gasteiger partial charge < -0.3 is 19.8 Å². The normalized spacial score (nSPS) is 17.2. The van der Waals surface area contributed by atoms with Crippen molar-refractivity contribution in [3.05, 3.63) is 38.3 Å². The third-order valence-electron chi connectivity index (χ3n) is 4.58. The number of hydrogen-bond acceptors (Lipinski definition) is 5. The van der Waals surface area contributed by atoms with Crippen LogP contribution in [0.5, 0.6) is 11.5 Å². The second-order valence-electron chi connectivity index (χ2n) is 6.53.